The molecule has 0 atom stereocenters. The van der Waals surface area contributed by atoms with E-state index in [1.807, 2.05) is 0 Å². The Kier molecular flexibility index (Phi) is 5.83. The summed E-state index contributed by atoms with van der Waals surface area (Å²) in [5.74, 6) is -4.20. The number of carbonyl (C=O) groups excluding carboxylic acids is 3. The van der Waals surface area contributed by atoms with Crippen molar-refractivity contribution in [3.05, 3.63) is 53.5 Å². The summed E-state index contributed by atoms with van der Waals surface area (Å²) in [5.41, 5.74) is -0.880. The smallest absolute Gasteiger partial charge is 0.340 e. The first kappa shape index (κ1) is 18.1. The third-order valence-corrected chi connectivity index (χ3v) is 3.12. The highest BCUT2D eigenvalue weighted by atomic mass is 19.1. The molecule has 2 amide bonds. The largest absolute Gasteiger partial charge is 0.465 e. The molecule has 0 fully saturated rings. The molecule has 132 valence electrons. The van der Waals surface area contributed by atoms with Gasteiger partial charge < -0.3 is 19.8 Å². The number of halogens is 2. The predicted molar refractivity (Wildman–Crippen MR) is 82.0 cm³/mol. The van der Waals surface area contributed by atoms with Crippen LogP contribution in [-0.4, -0.2) is 31.4 Å². The molecular weight excluding hydrogens is 338 g/mol. The highest BCUT2D eigenvalue weighted by molar-refractivity contribution is 5.95. The molecule has 2 aromatic rings. The summed E-state index contributed by atoms with van der Waals surface area (Å²) < 4.78 is 36.5. The molecule has 7 nitrogen and oxygen atoms in total. The first-order valence-electron chi connectivity index (χ1n) is 7.11. The number of furan rings is 1. The minimum Gasteiger partial charge on any atom is -0.465 e. The number of carbonyl (C=O) groups is 3. The summed E-state index contributed by atoms with van der Waals surface area (Å²) in [7, 11) is 1.05. The number of ether oxygens (including phenoxy) is 1. The molecule has 0 spiro atoms. The first-order chi connectivity index (χ1) is 11.9. The van der Waals surface area contributed by atoms with E-state index in [0.29, 0.717) is 6.07 Å². The van der Waals surface area contributed by atoms with Crippen molar-refractivity contribution in [2.75, 3.05) is 19.0 Å². The second kappa shape index (κ2) is 8.04. The zero-order chi connectivity index (χ0) is 18.4. The number of hydrogen-bond acceptors (Lipinski definition) is 5. The monoisotopic (exact) mass is 352 g/mol. The van der Waals surface area contributed by atoms with Crippen molar-refractivity contribution in [2.24, 2.45) is 0 Å². The summed E-state index contributed by atoms with van der Waals surface area (Å²) in [4.78, 5) is 34.8. The molecule has 2 rings (SSSR count). The summed E-state index contributed by atoms with van der Waals surface area (Å²) in [6, 6.07) is 4.31. The number of methoxy groups -OCH3 is 1. The molecular formula is C16H14F2N2O5. The molecule has 1 heterocycles. The van der Waals surface area contributed by atoms with E-state index in [0.717, 1.165) is 13.2 Å². The van der Waals surface area contributed by atoms with Crippen LogP contribution in [0.4, 0.5) is 14.5 Å². The van der Waals surface area contributed by atoms with Gasteiger partial charge >= 0.3 is 5.97 Å². The van der Waals surface area contributed by atoms with Crippen LogP contribution in [0.2, 0.25) is 0 Å². The van der Waals surface area contributed by atoms with Gasteiger partial charge in [-0.05, 0) is 18.2 Å². The van der Waals surface area contributed by atoms with Gasteiger partial charge in [0.2, 0.25) is 5.91 Å². The standard InChI is InChI=1S/C16H14F2N2O5/c1-24-16(23)9-7-12(11(18)8-10(9)17)20-14(21)4-5-19-15(22)13-3-2-6-25-13/h2-3,6-8H,4-5H2,1H3,(H,19,22)(H,20,21). The SMILES string of the molecule is COC(=O)c1cc(NC(=O)CCNC(=O)c2ccco2)c(F)cc1F. The van der Waals surface area contributed by atoms with Crippen molar-refractivity contribution in [1.29, 1.82) is 0 Å². The van der Waals surface area contributed by atoms with Crippen LogP contribution in [0.1, 0.15) is 27.3 Å². The van der Waals surface area contributed by atoms with Gasteiger partial charge in [0.25, 0.3) is 5.91 Å². The van der Waals surface area contributed by atoms with E-state index in [4.69, 9.17) is 4.42 Å². The van der Waals surface area contributed by atoms with Gasteiger partial charge in [0.15, 0.2) is 5.76 Å². The highest BCUT2D eigenvalue weighted by Crippen LogP contribution is 2.20. The first-order valence-corrected chi connectivity index (χ1v) is 7.11. The maximum Gasteiger partial charge on any atom is 0.340 e. The van der Waals surface area contributed by atoms with Crippen LogP contribution in [0.5, 0.6) is 0 Å². The van der Waals surface area contributed by atoms with Gasteiger partial charge in [-0.3, -0.25) is 9.59 Å². The van der Waals surface area contributed by atoms with Crippen molar-refractivity contribution in [1.82, 2.24) is 5.32 Å². The molecule has 25 heavy (non-hydrogen) atoms. The van der Waals surface area contributed by atoms with E-state index < -0.39 is 35.0 Å². The van der Waals surface area contributed by atoms with E-state index in [9.17, 15) is 23.2 Å². The molecule has 0 unspecified atom stereocenters. The molecule has 0 saturated heterocycles. The van der Waals surface area contributed by atoms with Crippen molar-refractivity contribution >= 4 is 23.5 Å². The van der Waals surface area contributed by atoms with Crippen LogP contribution in [0.25, 0.3) is 0 Å². The van der Waals surface area contributed by atoms with Crippen LogP contribution >= 0.6 is 0 Å². The lowest BCUT2D eigenvalue weighted by atomic mass is 10.1. The average Bonchev–Trinajstić information content (AvgIpc) is 3.11. The molecule has 1 aromatic heterocycles. The van der Waals surface area contributed by atoms with E-state index in [2.05, 4.69) is 15.4 Å². The van der Waals surface area contributed by atoms with Gasteiger partial charge in [-0.2, -0.15) is 0 Å². The quantitative estimate of drug-likeness (QED) is 0.776. The summed E-state index contributed by atoms with van der Waals surface area (Å²) in [5, 5.41) is 4.65. The third-order valence-electron chi connectivity index (χ3n) is 3.12. The molecule has 0 aliphatic rings. The molecule has 0 aliphatic carbocycles. The van der Waals surface area contributed by atoms with E-state index in [1.165, 1.54) is 18.4 Å². The number of esters is 1. The minimum absolute atomic E-state index is 0.0297. The Morgan fingerprint density at radius 3 is 2.60 bits per heavy atom. The fourth-order valence-electron chi connectivity index (χ4n) is 1.91. The lowest BCUT2D eigenvalue weighted by Crippen LogP contribution is -2.27. The van der Waals surface area contributed by atoms with Crippen molar-refractivity contribution in [2.45, 2.75) is 6.42 Å². The number of rotatable bonds is 6. The highest BCUT2D eigenvalue weighted by Gasteiger charge is 2.18. The summed E-state index contributed by atoms with van der Waals surface area (Å²) in [6.07, 6.45) is 1.16. The maximum absolute atomic E-state index is 13.7. The van der Waals surface area contributed by atoms with Gasteiger partial charge in [-0.15, -0.1) is 0 Å². The van der Waals surface area contributed by atoms with Crippen LogP contribution in [0.15, 0.2) is 34.9 Å². The van der Waals surface area contributed by atoms with Gasteiger partial charge in [0.1, 0.15) is 11.6 Å². The second-order valence-electron chi connectivity index (χ2n) is 4.83. The Bertz CT molecular complexity index is 790. The molecule has 0 saturated carbocycles. The molecule has 9 heteroatoms. The summed E-state index contributed by atoms with van der Waals surface area (Å²) >= 11 is 0. The molecule has 1 aromatic carbocycles. The lowest BCUT2D eigenvalue weighted by molar-refractivity contribution is -0.116. The van der Waals surface area contributed by atoms with Crippen LogP contribution in [0, 0.1) is 11.6 Å². The number of nitrogens with one attached hydrogen (secondary N) is 2. The minimum atomic E-state index is -1.10. The Labute approximate surface area is 141 Å². The topological polar surface area (TPSA) is 97.6 Å². The Morgan fingerprint density at radius 2 is 1.96 bits per heavy atom. The number of anilines is 1. The Morgan fingerprint density at radius 1 is 1.20 bits per heavy atom. The Hall–Kier alpha value is -3.23. The average molecular weight is 352 g/mol. The fraction of sp³-hybridized carbons (Fsp3) is 0.188. The number of hydrogen-bond donors (Lipinski definition) is 2. The molecule has 0 aliphatic heterocycles. The van der Waals surface area contributed by atoms with Crippen molar-refractivity contribution in [3.63, 3.8) is 0 Å². The molecule has 2 N–H and O–H groups in total. The van der Waals surface area contributed by atoms with Gasteiger partial charge in [0.05, 0.1) is 24.6 Å². The van der Waals surface area contributed by atoms with E-state index >= 15 is 0 Å². The second-order valence-corrected chi connectivity index (χ2v) is 4.83. The van der Waals surface area contributed by atoms with Crippen molar-refractivity contribution in [3.8, 4) is 0 Å². The van der Waals surface area contributed by atoms with E-state index in [1.54, 1.807) is 0 Å². The van der Waals surface area contributed by atoms with Gasteiger partial charge in [-0.25, -0.2) is 13.6 Å². The van der Waals surface area contributed by atoms with Crippen molar-refractivity contribution < 1.29 is 32.3 Å². The third kappa shape index (κ3) is 4.63. The summed E-state index contributed by atoms with van der Waals surface area (Å²) in [6.45, 7) is -0.0297. The normalized spacial score (nSPS) is 10.2. The fourth-order valence-corrected chi connectivity index (χ4v) is 1.91. The van der Waals surface area contributed by atoms with Gasteiger partial charge in [-0.1, -0.05) is 0 Å². The molecule has 0 bridgehead atoms. The van der Waals surface area contributed by atoms with E-state index in [-0.39, 0.29) is 24.4 Å². The molecule has 0 radical (unpaired) electrons. The number of amides is 2. The zero-order valence-corrected chi connectivity index (χ0v) is 13.1. The lowest BCUT2D eigenvalue weighted by Gasteiger charge is -2.09. The van der Waals surface area contributed by atoms with Crippen LogP contribution in [0.3, 0.4) is 0 Å². The van der Waals surface area contributed by atoms with Gasteiger partial charge in [0, 0.05) is 19.0 Å². The van der Waals surface area contributed by atoms with Crippen LogP contribution in [-0.2, 0) is 9.53 Å². The Balaban J connectivity index is 1.94. The zero-order valence-electron chi connectivity index (χ0n) is 13.1. The predicted octanol–water partition coefficient (Wildman–Crippen LogP) is 2.10. The van der Waals surface area contributed by atoms with Crippen LogP contribution < -0.4 is 10.6 Å². The maximum atomic E-state index is 13.7. The number of benzene rings is 1.